The maximum absolute atomic E-state index is 5.17. The average Bonchev–Trinajstić information content (AvgIpc) is 2.03. The van der Waals surface area contributed by atoms with E-state index in [1.165, 1.54) is 20.9 Å². The van der Waals surface area contributed by atoms with Crippen LogP contribution in [0.1, 0.15) is 13.3 Å². The fourth-order valence-corrected chi connectivity index (χ4v) is 10.5. The lowest BCUT2D eigenvalue weighted by Gasteiger charge is -1.96. The first-order chi connectivity index (χ1) is 5.41. The summed E-state index contributed by atoms with van der Waals surface area (Å²) in [4.78, 5) is 0. The van der Waals surface area contributed by atoms with Crippen LogP contribution in [0.3, 0.4) is 0 Å². The molecule has 0 aliphatic carbocycles. The minimum atomic E-state index is 0.831. The van der Waals surface area contributed by atoms with Crippen LogP contribution in [0.5, 0.6) is 0 Å². The van der Waals surface area contributed by atoms with Crippen LogP contribution in [0.15, 0.2) is 0 Å². The Hall–Kier alpha value is 2.41. The summed E-state index contributed by atoms with van der Waals surface area (Å²) < 4.78 is 5.17. The molecule has 0 aliphatic heterocycles. The van der Waals surface area contributed by atoms with E-state index in [1.807, 2.05) is 0 Å². The Balaban J connectivity index is 2.69. The third-order valence-electron chi connectivity index (χ3n) is 0.477. The zero-order chi connectivity index (χ0) is 8.36. The summed E-state index contributed by atoms with van der Waals surface area (Å²) in [5.74, 6) is 0. The Morgan fingerprint density at radius 1 is 1.18 bits per heavy atom. The molecule has 0 rings (SSSR count). The molecule has 0 aromatic heterocycles. The molecular formula is C3H8OS7. The third kappa shape index (κ3) is 12.4. The molecule has 11 heavy (non-hydrogen) atoms. The van der Waals surface area contributed by atoms with E-state index >= 15 is 0 Å². The van der Waals surface area contributed by atoms with Crippen LogP contribution >= 0.6 is 71.9 Å². The topological polar surface area (TPSA) is 9.23 Å². The molecule has 8 heteroatoms. The highest BCUT2D eigenvalue weighted by molar-refractivity contribution is 9.45. The monoisotopic (exact) mass is 284 g/mol. The zero-order valence-electron chi connectivity index (χ0n) is 5.72. The lowest BCUT2D eigenvalue weighted by Crippen LogP contribution is -1.77. The van der Waals surface area contributed by atoms with Crippen LogP contribution in [0.4, 0.5) is 0 Å². The fourth-order valence-electron chi connectivity index (χ4n) is 0.183. The van der Waals surface area contributed by atoms with Gasteiger partial charge in [-0.25, -0.2) is 0 Å². The SMILES string of the molecule is CCCOSSSSSSS. The van der Waals surface area contributed by atoms with Crippen molar-refractivity contribution in [2.24, 2.45) is 0 Å². The van der Waals surface area contributed by atoms with Gasteiger partial charge in [-0.1, -0.05) is 18.6 Å². The van der Waals surface area contributed by atoms with E-state index in [0.29, 0.717) is 0 Å². The molecule has 0 radical (unpaired) electrons. The molecule has 0 aromatic carbocycles. The van der Waals surface area contributed by atoms with Crippen molar-refractivity contribution in [1.82, 2.24) is 0 Å². The van der Waals surface area contributed by atoms with Gasteiger partial charge in [-0.2, -0.15) is 0 Å². The Morgan fingerprint density at radius 2 is 1.91 bits per heavy atom. The molecule has 0 heterocycles. The maximum atomic E-state index is 5.17. The Labute approximate surface area is 95.1 Å². The molecule has 0 amide bonds. The van der Waals surface area contributed by atoms with E-state index in [1.54, 1.807) is 39.3 Å². The van der Waals surface area contributed by atoms with Gasteiger partial charge in [0.1, 0.15) is 0 Å². The first-order valence-corrected chi connectivity index (χ1v) is 11.1. The average molecular weight is 285 g/mol. The predicted molar refractivity (Wildman–Crippen MR) is 70.8 cm³/mol. The number of hydrogen-bond acceptors (Lipinski definition) is 8. The van der Waals surface area contributed by atoms with Crippen LogP contribution in [-0.4, -0.2) is 6.61 Å². The van der Waals surface area contributed by atoms with E-state index in [4.69, 9.17) is 4.18 Å². The molecule has 0 aliphatic rings. The number of hydrogen-bond donors (Lipinski definition) is 1. The smallest absolute Gasteiger partial charge is 0.0749 e. The summed E-state index contributed by atoms with van der Waals surface area (Å²) in [6.07, 6.45) is 1.08. The first kappa shape index (κ1) is 13.4. The van der Waals surface area contributed by atoms with Crippen LogP contribution in [0, 0.1) is 0 Å². The lowest BCUT2D eigenvalue weighted by molar-refractivity contribution is 0.379. The highest BCUT2D eigenvalue weighted by Crippen LogP contribution is 2.53. The molecule has 68 valence electrons. The minimum Gasteiger partial charge on any atom is -0.304 e. The second-order valence-electron chi connectivity index (χ2n) is 1.24. The fraction of sp³-hybridized carbons (Fsp3) is 1.00. The van der Waals surface area contributed by atoms with Crippen LogP contribution in [0.25, 0.3) is 0 Å². The summed E-state index contributed by atoms with van der Waals surface area (Å²) in [6, 6.07) is 0. The van der Waals surface area contributed by atoms with Crippen LogP contribution in [0.2, 0.25) is 0 Å². The van der Waals surface area contributed by atoms with Crippen molar-refractivity contribution in [1.29, 1.82) is 0 Å². The first-order valence-electron chi connectivity index (χ1n) is 2.68. The number of rotatable bonds is 8. The van der Waals surface area contributed by atoms with Crippen molar-refractivity contribution in [2.45, 2.75) is 13.3 Å². The van der Waals surface area contributed by atoms with Gasteiger partial charge in [-0.15, -0.1) is 0 Å². The van der Waals surface area contributed by atoms with Crippen LogP contribution < -0.4 is 0 Å². The van der Waals surface area contributed by atoms with E-state index in [-0.39, 0.29) is 0 Å². The van der Waals surface area contributed by atoms with Gasteiger partial charge in [-0.05, 0) is 26.1 Å². The number of thiol groups is 1. The van der Waals surface area contributed by atoms with E-state index < -0.39 is 0 Å². The van der Waals surface area contributed by atoms with Crippen molar-refractivity contribution in [3.8, 4) is 0 Å². The van der Waals surface area contributed by atoms with Crippen LogP contribution in [-0.2, 0) is 4.18 Å². The molecular weight excluding hydrogens is 277 g/mol. The zero-order valence-corrected chi connectivity index (χ0v) is 11.5. The van der Waals surface area contributed by atoms with Crippen molar-refractivity contribution < 1.29 is 4.18 Å². The highest BCUT2D eigenvalue weighted by atomic mass is 33.9. The lowest BCUT2D eigenvalue weighted by atomic mass is 10.5. The molecule has 0 saturated carbocycles. The normalized spacial score (nSPS) is 10.4. The molecule has 1 nitrogen and oxygen atoms in total. The van der Waals surface area contributed by atoms with Gasteiger partial charge in [0.15, 0.2) is 0 Å². The second kappa shape index (κ2) is 12.4. The Bertz CT molecular complexity index is 62.7. The largest absolute Gasteiger partial charge is 0.304 e. The molecule has 0 unspecified atom stereocenters. The van der Waals surface area contributed by atoms with Gasteiger partial charge in [0.05, 0.1) is 17.7 Å². The molecule has 0 saturated heterocycles. The third-order valence-corrected chi connectivity index (χ3v) is 10.9. The molecule has 0 N–H and O–H groups in total. The van der Waals surface area contributed by atoms with Crippen molar-refractivity contribution in [3.05, 3.63) is 0 Å². The molecule has 0 spiro atoms. The maximum Gasteiger partial charge on any atom is 0.0749 e. The Kier molecular flexibility index (Phi) is 15.1. The highest BCUT2D eigenvalue weighted by Gasteiger charge is 1.92. The second-order valence-corrected chi connectivity index (χ2v) is 11.0. The minimum absolute atomic E-state index is 0.831. The van der Waals surface area contributed by atoms with Gasteiger partial charge in [0.25, 0.3) is 0 Å². The predicted octanol–water partition coefficient (Wildman–Crippen LogP) is 5.15. The van der Waals surface area contributed by atoms with Gasteiger partial charge in [0, 0.05) is 29.5 Å². The van der Waals surface area contributed by atoms with E-state index in [9.17, 15) is 0 Å². The molecule has 0 fully saturated rings. The van der Waals surface area contributed by atoms with Crippen molar-refractivity contribution >= 4 is 71.9 Å². The van der Waals surface area contributed by atoms with E-state index in [2.05, 4.69) is 18.6 Å². The van der Waals surface area contributed by atoms with Crippen molar-refractivity contribution in [3.63, 3.8) is 0 Å². The summed E-state index contributed by atoms with van der Waals surface area (Å²) in [6.45, 7) is 2.93. The van der Waals surface area contributed by atoms with Gasteiger partial charge >= 0.3 is 0 Å². The standard InChI is InChI=1S/C3H8OS7/c1-2-3-4-6-8-10-11-9-7-5/h5H,2-3H2,1H3. The quantitative estimate of drug-likeness (QED) is 0.282. The summed E-state index contributed by atoms with van der Waals surface area (Å²) in [7, 11) is 8.13. The molecule has 0 atom stereocenters. The van der Waals surface area contributed by atoms with Gasteiger partial charge in [0.2, 0.25) is 0 Å². The van der Waals surface area contributed by atoms with Gasteiger partial charge < -0.3 is 4.18 Å². The molecule has 0 aromatic rings. The Morgan fingerprint density at radius 3 is 2.55 bits per heavy atom. The van der Waals surface area contributed by atoms with E-state index in [0.717, 1.165) is 13.0 Å². The molecule has 0 bridgehead atoms. The summed E-state index contributed by atoms with van der Waals surface area (Å²) in [5.41, 5.74) is 0. The summed E-state index contributed by atoms with van der Waals surface area (Å²) >= 11 is 5.42. The summed E-state index contributed by atoms with van der Waals surface area (Å²) in [5, 5.41) is 0. The van der Waals surface area contributed by atoms with Crippen molar-refractivity contribution in [2.75, 3.05) is 6.61 Å². The van der Waals surface area contributed by atoms with Gasteiger partial charge in [-0.3, -0.25) is 0 Å².